The number of amides is 1. The van der Waals surface area contributed by atoms with Crippen LogP contribution in [0.25, 0.3) is 0 Å². The van der Waals surface area contributed by atoms with Crippen molar-refractivity contribution in [3.63, 3.8) is 0 Å². The van der Waals surface area contributed by atoms with Crippen LogP contribution in [0.15, 0.2) is 41.3 Å². The molecule has 0 N–H and O–H groups in total. The van der Waals surface area contributed by atoms with Gasteiger partial charge in [-0.15, -0.1) is 0 Å². The van der Waals surface area contributed by atoms with Crippen molar-refractivity contribution in [2.45, 2.75) is 18.7 Å². The Morgan fingerprint density at radius 1 is 1.03 bits per heavy atom. The van der Waals surface area contributed by atoms with Crippen molar-refractivity contribution in [3.05, 3.63) is 47.2 Å². The molecule has 0 fully saturated rings. The number of anilines is 1. The van der Waals surface area contributed by atoms with Crippen LogP contribution in [-0.2, 0) is 14.8 Å². The summed E-state index contributed by atoms with van der Waals surface area (Å²) in [4.78, 5) is 14.1. The van der Waals surface area contributed by atoms with Gasteiger partial charge in [-0.3, -0.25) is 9.10 Å². The van der Waals surface area contributed by atoms with Gasteiger partial charge in [0.05, 0.1) is 29.8 Å². The summed E-state index contributed by atoms with van der Waals surface area (Å²) < 4.78 is 51.8. The fraction of sp³-hybridized carbons (Fsp3) is 0.350. The van der Waals surface area contributed by atoms with Gasteiger partial charge < -0.3 is 14.4 Å². The molecule has 0 aliphatic rings. The lowest BCUT2D eigenvalue weighted by atomic mass is 10.3. The molecule has 0 atom stereocenters. The van der Waals surface area contributed by atoms with E-state index in [1.165, 1.54) is 49.5 Å². The Morgan fingerprint density at radius 3 is 2.20 bits per heavy atom. The van der Waals surface area contributed by atoms with E-state index >= 15 is 0 Å². The van der Waals surface area contributed by atoms with Gasteiger partial charge in [0.2, 0.25) is 5.91 Å². The Balaban J connectivity index is 2.59. The number of carbonyl (C=O) groups is 1. The Morgan fingerprint density at radius 2 is 1.67 bits per heavy atom. The van der Waals surface area contributed by atoms with Crippen molar-refractivity contribution in [1.82, 2.24) is 4.90 Å². The number of carbonyl (C=O) groups excluding carboxylic acids is 1. The third-order valence-corrected chi connectivity index (χ3v) is 6.59. The molecule has 164 valence electrons. The molecule has 1 amide bonds. The summed E-state index contributed by atoms with van der Waals surface area (Å²) in [5.74, 6) is -0.527. The number of benzene rings is 2. The Labute approximate surface area is 181 Å². The van der Waals surface area contributed by atoms with Gasteiger partial charge in [-0.25, -0.2) is 12.8 Å². The second-order valence-electron chi connectivity index (χ2n) is 6.19. The number of methoxy groups -OCH3 is 2. The topological polar surface area (TPSA) is 76.2 Å². The lowest BCUT2D eigenvalue weighted by molar-refractivity contribution is -0.129. The molecule has 0 saturated carbocycles. The first-order valence-electron chi connectivity index (χ1n) is 9.17. The zero-order valence-corrected chi connectivity index (χ0v) is 18.8. The second-order valence-corrected chi connectivity index (χ2v) is 8.46. The van der Waals surface area contributed by atoms with E-state index in [1.54, 1.807) is 13.8 Å². The second kappa shape index (κ2) is 9.99. The zero-order chi connectivity index (χ0) is 22.5. The van der Waals surface area contributed by atoms with Crippen LogP contribution in [-0.4, -0.2) is 53.1 Å². The molecular weight excluding hydrogens is 435 g/mol. The summed E-state index contributed by atoms with van der Waals surface area (Å²) in [6, 6.07) is 7.58. The molecule has 0 radical (unpaired) electrons. The lowest BCUT2D eigenvalue weighted by Crippen LogP contribution is -2.43. The molecular formula is C20H24ClFN2O5S. The molecule has 2 aromatic rings. The van der Waals surface area contributed by atoms with Crippen molar-refractivity contribution in [2.24, 2.45) is 0 Å². The van der Waals surface area contributed by atoms with Gasteiger partial charge in [0, 0.05) is 19.2 Å². The number of likely N-dealkylation sites (N-methyl/N-ethyl adjacent to an activating group) is 1. The molecule has 0 heterocycles. The molecule has 0 aliphatic carbocycles. The first kappa shape index (κ1) is 23.8. The number of halogens is 2. The molecule has 0 aliphatic heterocycles. The van der Waals surface area contributed by atoms with Crippen LogP contribution in [0, 0.1) is 5.82 Å². The van der Waals surface area contributed by atoms with Gasteiger partial charge in [0.25, 0.3) is 10.0 Å². The average Bonchev–Trinajstić information content (AvgIpc) is 2.74. The zero-order valence-electron chi connectivity index (χ0n) is 17.2. The molecule has 2 rings (SSSR count). The van der Waals surface area contributed by atoms with Gasteiger partial charge in [-0.2, -0.15) is 0 Å². The Kier molecular flexibility index (Phi) is 7.91. The number of rotatable bonds is 9. The maximum Gasteiger partial charge on any atom is 0.264 e. The largest absolute Gasteiger partial charge is 0.493 e. The quantitative estimate of drug-likeness (QED) is 0.574. The van der Waals surface area contributed by atoms with E-state index in [2.05, 4.69) is 0 Å². The highest BCUT2D eigenvalue weighted by Gasteiger charge is 2.30. The normalized spacial score (nSPS) is 11.1. The predicted octanol–water partition coefficient (Wildman–Crippen LogP) is 3.56. The summed E-state index contributed by atoms with van der Waals surface area (Å²) in [6.07, 6.45) is 0. The third-order valence-electron chi connectivity index (χ3n) is 4.53. The maximum absolute atomic E-state index is 13.7. The van der Waals surface area contributed by atoms with Crippen molar-refractivity contribution in [1.29, 1.82) is 0 Å². The highest BCUT2D eigenvalue weighted by atomic mass is 35.5. The minimum Gasteiger partial charge on any atom is -0.493 e. The van der Waals surface area contributed by atoms with Crippen LogP contribution in [0.3, 0.4) is 0 Å². The van der Waals surface area contributed by atoms with E-state index in [0.29, 0.717) is 18.8 Å². The third kappa shape index (κ3) is 4.96. The maximum atomic E-state index is 13.7. The molecule has 0 spiro atoms. The van der Waals surface area contributed by atoms with Gasteiger partial charge >= 0.3 is 0 Å². The van der Waals surface area contributed by atoms with Crippen LogP contribution in [0.4, 0.5) is 10.1 Å². The number of ether oxygens (including phenoxy) is 2. The van der Waals surface area contributed by atoms with Gasteiger partial charge in [0.1, 0.15) is 12.4 Å². The summed E-state index contributed by atoms with van der Waals surface area (Å²) >= 11 is 5.87. The van der Waals surface area contributed by atoms with Crippen molar-refractivity contribution in [2.75, 3.05) is 38.2 Å². The molecule has 0 unspecified atom stereocenters. The van der Waals surface area contributed by atoms with Crippen LogP contribution in [0.2, 0.25) is 5.02 Å². The van der Waals surface area contributed by atoms with E-state index in [1.807, 2.05) is 0 Å². The first-order chi connectivity index (χ1) is 14.2. The Bertz CT molecular complexity index is 1010. The highest BCUT2D eigenvalue weighted by molar-refractivity contribution is 7.92. The average molecular weight is 459 g/mol. The summed E-state index contributed by atoms with van der Waals surface area (Å²) in [7, 11) is -1.40. The number of hydrogen-bond acceptors (Lipinski definition) is 5. The van der Waals surface area contributed by atoms with E-state index in [0.717, 1.165) is 10.4 Å². The standard InChI is InChI=1S/C20H24ClFN2O5S/c1-5-23(6-2)20(25)13-24(14-7-9-17(22)16(21)11-14)30(26,27)15-8-10-18(28-3)19(12-15)29-4/h7-12H,5-6,13H2,1-4H3. The number of sulfonamides is 1. The summed E-state index contributed by atoms with van der Waals surface area (Å²) in [5, 5.41) is -0.254. The van der Waals surface area contributed by atoms with Crippen LogP contribution >= 0.6 is 11.6 Å². The van der Waals surface area contributed by atoms with Crippen molar-refractivity contribution >= 4 is 33.2 Å². The number of nitrogens with zero attached hydrogens (tertiary/aromatic N) is 2. The molecule has 0 bridgehead atoms. The monoisotopic (exact) mass is 458 g/mol. The predicted molar refractivity (Wildman–Crippen MR) is 113 cm³/mol. The fourth-order valence-corrected chi connectivity index (χ4v) is 4.46. The summed E-state index contributed by atoms with van der Waals surface area (Å²) in [6.45, 7) is 3.96. The van der Waals surface area contributed by atoms with Gasteiger partial charge in [-0.1, -0.05) is 11.6 Å². The van der Waals surface area contributed by atoms with Gasteiger partial charge in [-0.05, 0) is 44.2 Å². The van der Waals surface area contributed by atoms with Crippen LogP contribution < -0.4 is 13.8 Å². The molecule has 10 heteroatoms. The minimum absolute atomic E-state index is 0.0664. The smallest absolute Gasteiger partial charge is 0.264 e. The van der Waals surface area contributed by atoms with Crippen LogP contribution in [0.5, 0.6) is 11.5 Å². The van der Waals surface area contributed by atoms with Crippen molar-refractivity contribution in [3.8, 4) is 11.5 Å². The molecule has 0 aromatic heterocycles. The number of hydrogen-bond donors (Lipinski definition) is 0. The molecule has 2 aromatic carbocycles. The minimum atomic E-state index is -4.22. The molecule has 30 heavy (non-hydrogen) atoms. The highest BCUT2D eigenvalue weighted by Crippen LogP contribution is 2.33. The van der Waals surface area contributed by atoms with E-state index in [4.69, 9.17) is 21.1 Å². The summed E-state index contributed by atoms with van der Waals surface area (Å²) in [5.41, 5.74) is 0.0664. The van der Waals surface area contributed by atoms with E-state index < -0.39 is 28.3 Å². The Hall–Kier alpha value is -2.52. The molecule has 0 saturated heterocycles. The van der Waals surface area contributed by atoms with Gasteiger partial charge in [0.15, 0.2) is 11.5 Å². The van der Waals surface area contributed by atoms with Crippen LogP contribution in [0.1, 0.15) is 13.8 Å². The fourth-order valence-electron chi connectivity index (χ4n) is 2.86. The van der Waals surface area contributed by atoms with Crippen molar-refractivity contribution < 1.29 is 27.1 Å². The van der Waals surface area contributed by atoms with E-state index in [-0.39, 0.29) is 21.4 Å². The van der Waals surface area contributed by atoms with E-state index in [9.17, 15) is 17.6 Å². The lowest BCUT2D eigenvalue weighted by Gasteiger charge is -2.27. The SMILES string of the molecule is CCN(CC)C(=O)CN(c1ccc(F)c(Cl)c1)S(=O)(=O)c1ccc(OC)c(OC)c1. The first-order valence-corrected chi connectivity index (χ1v) is 11.0. The molecule has 7 nitrogen and oxygen atoms in total.